The molecule has 12 heteroatoms. The molecule has 230 valence electrons. The van der Waals surface area contributed by atoms with Gasteiger partial charge in [0.05, 0.1) is 23.7 Å². The monoisotopic (exact) mass is 600 g/mol. The predicted molar refractivity (Wildman–Crippen MR) is 163 cm³/mol. The summed E-state index contributed by atoms with van der Waals surface area (Å²) in [7, 11) is 2.09. The number of amides is 1. The van der Waals surface area contributed by atoms with E-state index in [0.717, 1.165) is 72.7 Å². The Morgan fingerprint density at radius 1 is 1.14 bits per heavy atom. The lowest BCUT2D eigenvalue weighted by molar-refractivity contribution is 0.137. The van der Waals surface area contributed by atoms with Gasteiger partial charge in [-0.05, 0) is 88.1 Å². The molecule has 1 amide bonds. The van der Waals surface area contributed by atoms with E-state index in [2.05, 4.69) is 50.3 Å². The molecule has 7 heterocycles. The summed E-state index contributed by atoms with van der Waals surface area (Å²) in [5.41, 5.74) is 4.14. The zero-order valence-electron chi connectivity index (χ0n) is 25.1. The third kappa shape index (κ3) is 4.79. The van der Waals surface area contributed by atoms with Gasteiger partial charge in [-0.3, -0.25) is 10.1 Å². The third-order valence-corrected chi connectivity index (χ3v) is 10.0. The van der Waals surface area contributed by atoms with Gasteiger partial charge in [-0.1, -0.05) is 0 Å². The molecule has 0 spiro atoms. The number of piperidine rings is 1. The van der Waals surface area contributed by atoms with Gasteiger partial charge in [0.25, 0.3) is 0 Å². The summed E-state index contributed by atoms with van der Waals surface area (Å²) in [5.74, 6) is 0.607. The quantitative estimate of drug-likeness (QED) is 0.345. The average molecular weight is 601 g/mol. The number of aryl methyl sites for hydroxylation is 1. The van der Waals surface area contributed by atoms with E-state index < -0.39 is 11.9 Å². The van der Waals surface area contributed by atoms with Gasteiger partial charge in [0, 0.05) is 42.3 Å². The Balaban J connectivity index is 1.31. The predicted octanol–water partition coefficient (Wildman–Crippen LogP) is 4.69. The van der Waals surface area contributed by atoms with E-state index in [-0.39, 0.29) is 35.2 Å². The number of likely N-dealkylation sites (N-methyl/N-ethyl adjacent to an activating group) is 1. The van der Waals surface area contributed by atoms with Crippen LogP contribution >= 0.6 is 0 Å². The molecule has 3 aromatic heterocycles. The highest BCUT2D eigenvalue weighted by atomic mass is 19.1. The molecule has 44 heavy (non-hydrogen) atoms. The van der Waals surface area contributed by atoms with E-state index in [1.165, 1.54) is 0 Å². The lowest BCUT2D eigenvalue weighted by Crippen LogP contribution is -2.48. The number of likely N-dealkylation sites (tertiary alicyclic amines) is 1. The molecule has 1 saturated carbocycles. The van der Waals surface area contributed by atoms with Crippen molar-refractivity contribution in [1.29, 1.82) is 0 Å². The first-order valence-corrected chi connectivity index (χ1v) is 15.8. The molecule has 2 N–H and O–H groups in total. The summed E-state index contributed by atoms with van der Waals surface area (Å²) < 4.78 is 28.9. The molecular weight excluding hydrogens is 563 g/mol. The number of halogens is 1. The molecule has 1 aliphatic carbocycles. The Kier molecular flexibility index (Phi) is 6.77. The highest BCUT2D eigenvalue weighted by Gasteiger charge is 2.42. The van der Waals surface area contributed by atoms with Crippen molar-refractivity contribution in [3.8, 4) is 17.3 Å². The SMILES string of the molecule is Cc1cc2[nH]ncc2c2c1C1CC1CCOC(=O)NC1CCCN(C1)c1nc(OCC3CCCN3C)nc3c(F)c-2ncc13. The fourth-order valence-corrected chi connectivity index (χ4v) is 7.56. The van der Waals surface area contributed by atoms with E-state index in [4.69, 9.17) is 19.4 Å². The van der Waals surface area contributed by atoms with Crippen molar-refractivity contribution < 1.29 is 18.7 Å². The Morgan fingerprint density at radius 3 is 2.89 bits per heavy atom. The van der Waals surface area contributed by atoms with Gasteiger partial charge in [-0.25, -0.2) is 9.18 Å². The van der Waals surface area contributed by atoms with Crippen LogP contribution in [0.4, 0.5) is 15.0 Å². The third-order valence-electron chi connectivity index (χ3n) is 10.0. The number of nitrogens with one attached hydrogen (secondary N) is 2. The first-order valence-electron chi connectivity index (χ1n) is 15.8. The number of anilines is 1. The molecule has 4 atom stereocenters. The van der Waals surface area contributed by atoms with Gasteiger partial charge in [-0.15, -0.1) is 0 Å². The zero-order valence-corrected chi connectivity index (χ0v) is 25.1. The minimum absolute atomic E-state index is 0.125. The fraction of sp³-hybridized carbons (Fsp3) is 0.531. The van der Waals surface area contributed by atoms with E-state index >= 15 is 4.39 Å². The van der Waals surface area contributed by atoms with Crippen LogP contribution in [0.15, 0.2) is 18.5 Å². The second kappa shape index (κ2) is 10.8. The van der Waals surface area contributed by atoms with Gasteiger partial charge < -0.3 is 24.6 Å². The summed E-state index contributed by atoms with van der Waals surface area (Å²) in [6, 6.07) is 2.36. The number of ether oxygens (including phenoxy) is 2. The van der Waals surface area contributed by atoms with Crippen LogP contribution in [0, 0.1) is 18.7 Å². The number of hydrogen-bond acceptors (Lipinski definition) is 9. The molecule has 4 aliphatic heterocycles. The van der Waals surface area contributed by atoms with Crippen LogP contribution in [0.3, 0.4) is 0 Å². The van der Waals surface area contributed by atoms with Gasteiger partial charge in [-0.2, -0.15) is 15.1 Å². The maximum Gasteiger partial charge on any atom is 0.407 e. The topological polar surface area (TPSA) is 121 Å². The highest BCUT2D eigenvalue weighted by molar-refractivity contribution is 6.00. The number of alkyl carbamates (subject to hydrolysis) is 1. The smallest absolute Gasteiger partial charge is 0.407 e. The maximum absolute atomic E-state index is 17.0. The van der Waals surface area contributed by atoms with Gasteiger partial charge in [0.1, 0.15) is 23.6 Å². The molecule has 3 fully saturated rings. The molecule has 9 rings (SSSR count). The number of fused-ring (bicyclic) bond motifs is 6. The minimum atomic E-state index is -0.491. The molecule has 6 bridgehead atoms. The van der Waals surface area contributed by atoms with Crippen molar-refractivity contribution >= 4 is 33.7 Å². The molecular formula is C32H37FN8O3. The lowest BCUT2D eigenvalue weighted by Gasteiger charge is -2.34. The number of carbonyl (C=O) groups excluding carboxylic acids is 1. The molecule has 11 nitrogen and oxygen atoms in total. The van der Waals surface area contributed by atoms with Crippen LogP contribution in [-0.2, 0) is 4.74 Å². The number of aromatic nitrogens is 5. The molecule has 1 aromatic carbocycles. The Bertz CT molecular complexity index is 1760. The number of carbonyl (C=O) groups is 1. The minimum Gasteiger partial charge on any atom is -0.462 e. The van der Waals surface area contributed by atoms with Crippen LogP contribution in [0.1, 0.15) is 55.6 Å². The summed E-state index contributed by atoms with van der Waals surface area (Å²) in [4.78, 5) is 31.4. The number of rotatable bonds is 3. The summed E-state index contributed by atoms with van der Waals surface area (Å²) in [6.07, 6.45) is 8.54. The van der Waals surface area contributed by atoms with Crippen molar-refractivity contribution in [2.24, 2.45) is 5.92 Å². The molecule has 5 aliphatic rings. The fourth-order valence-electron chi connectivity index (χ4n) is 7.56. The molecule has 0 radical (unpaired) electrons. The Morgan fingerprint density at radius 2 is 2.02 bits per heavy atom. The van der Waals surface area contributed by atoms with Crippen LogP contribution in [-0.4, -0.2) is 88.1 Å². The molecule has 2 saturated heterocycles. The number of pyridine rings is 1. The number of nitrogens with zero attached hydrogens (tertiary/aromatic N) is 6. The first-order chi connectivity index (χ1) is 21.4. The van der Waals surface area contributed by atoms with Gasteiger partial charge >= 0.3 is 12.1 Å². The van der Waals surface area contributed by atoms with E-state index in [9.17, 15) is 4.79 Å². The number of benzene rings is 1. The number of hydrogen-bond donors (Lipinski definition) is 2. The highest BCUT2D eigenvalue weighted by Crippen LogP contribution is 2.54. The first kappa shape index (κ1) is 27.5. The van der Waals surface area contributed by atoms with Crippen molar-refractivity contribution in [2.75, 3.05) is 44.8 Å². The molecule has 4 aromatic rings. The summed E-state index contributed by atoms with van der Waals surface area (Å²) in [6.45, 7) is 5.06. The van der Waals surface area contributed by atoms with E-state index in [1.807, 2.05) is 0 Å². The second-order valence-corrected chi connectivity index (χ2v) is 12.9. The van der Waals surface area contributed by atoms with Crippen molar-refractivity contribution in [3.05, 3.63) is 35.4 Å². The van der Waals surface area contributed by atoms with Crippen LogP contribution in [0.5, 0.6) is 6.01 Å². The van der Waals surface area contributed by atoms with E-state index in [1.54, 1.807) is 12.4 Å². The normalized spacial score (nSPS) is 25.5. The van der Waals surface area contributed by atoms with Crippen LogP contribution in [0.2, 0.25) is 0 Å². The van der Waals surface area contributed by atoms with E-state index in [0.29, 0.717) is 43.4 Å². The van der Waals surface area contributed by atoms with Crippen molar-refractivity contribution in [2.45, 2.75) is 63.5 Å². The Labute approximate surface area is 254 Å². The maximum atomic E-state index is 17.0. The summed E-state index contributed by atoms with van der Waals surface area (Å²) in [5, 5.41) is 11.8. The molecule has 4 unspecified atom stereocenters. The summed E-state index contributed by atoms with van der Waals surface area (Å²) >= 11 is 0. The van der Waals surface area contributed by atoms with Crippen molar-refractivity contribution in [1.82, 2.24) is 35.4 Å². The van der Waals surface area contributed by atoms with Crippen LogP contribution < -0.4 is 15.0 Å². The zero-order chi connectivity index (χ0) is 29.9. The van der Waals surface area contributed by atoms with Crippen LogP contribution in [0.25, 0.3) is 33.1 Å². The lowest BCUT2D eigenvalue weighted by atomic mass is 9.91. The standard InChI is InChI=1S/C32H37FN8O3/c1-17-11-24-22(14-35-39-24)26-25(17)21-12-18(21)7-10-43-32(42)36-19-5-3-9-41(15-19)30-23-13-34-29(26)27(33)28(23)37-31(38-30)44-16-20-6-4-8-40(20)2/h11,13-14,18-21H,3-10,12,15-16H2,1-2H3,(H,35,39)(H,36,42). The van der Waals surface area contributed by atoms with Gasteiger partial charge in [0.2, 0.25) is 0 Å². The van der Waals surface area contributed by atoms with Crippen molar-refractivity contribution in [3.63, 3.8) is 0 Å². The number of aromatic amines is 1. The van der Waals surface area contributed by atoms with Gasteiger partial charge in [0.15, 0.2) is 5.82 Å². The average Bonchev–Trinajstić information content (AvgIpc) is 3.38. The second-order valence-electron chi connectivity index (χ2n) is 12.9. The Hall–Kier alpha value is -4.06. The largest absolute Gasteiger partial charge is 0.462 e. The number of H-pyrrole nitrogens is 1.